The van der Waals surface area contributed by atoms with Crippen LogP contribution >= 0.6 is 0 Å². The number of likely N-dealkylation sites (tertiary alicyclic amines) is 1. The quantitative estimate of drug-likeness (QED) is 0.905. The van der Waals surface area contributed by atoms with E-state index in [1.54, 1.807) is 0 Å². The number of nitrogens with zero attached hydrogens (tertiary/aromatic N) is 1. The molecular formula is C16H23NO2. The summed E-state index contributed by atoms with van der Waals surface area (Å²) in [5, 5.41) is 9.50. The number of benzene rings is 1. The molecule has 0 aromatic heterocycles. The second kappa shape index (κ2) is 5.74. The number of rotatable bonds is 4. The number of carboxylic acid groups (broad SMARTS) is 1. The van der Waals surface area contributed by atoms with Gasteiger partial charge in [0.25, 0.3) is 0 Å². The van der Waals surface area contributed by atoms with E-state index in [0.717, 1.165) is 25.9 Å². The van der Waals surface area contributed by atoms with Crippen LogP contribution in [-0.4, -0.2) is 29.1 Å². The Hall–Kier alpha value is -1.35. The van der Waals surface area contributed by atoms with Gasteiger partial charge in [0.2, 0.25) is 0 Å². The summed E-state index contributed by atoms with van der Waals surface area (Å²) >= 11 is 0. The molecule has 0 bridgehead atoms. The summed E-state index contributed by atoms with van der Waals surface area (Å²) in [6.07, 6.45) is 2.50. The second-order valence-electron chi connectivity index (χ2n) is 5.68. The molecule has 0 amide bonds. The third kappa shape index (κ3) is 2.98. The zero-order valence-corrected chi connectivity index (χ0v) is 11.9. The van der Waals surface area contributed by atoms with Crippen LogP contribution in [0.2, 0.25) is 0 Å². The topological polar surface area (TPSA) is 40.5 Å². The first kappa shape index (κ1) is 14.1. The maximum Gasteiger partial charge on any atom is 0.310 e. The van der Waals surface area contributed by atoms with Crippen molar-refractivity contribution in [1.29, 1.82) is 0 Å². The Bertz CT molecular complexity index is 458. The van der Waals surface area contributed by atoms with Crippen molar-refractivity contribution in [3.8, 4) is 0 Å². The van der Waals surface area contributed by atoms with E-state index in [1.807, 2.05) is 13.0 Å². The van der Waals surface area contributed by atoms with Gasteiger partial charge in [-0.2, -0.15) is 0 Å². The van der Waals surface area contributed by atoms with Crippen LogP contribution in [0.15, 0.2) is 24.3 Å². The minimum Gasteiger partial charge on any atom is -0.481 e. The lowest BCUT2D eigenvalue weighted by atomic mass is 9.77. The highest BCUT2D eigenvalue weighted by atomic mass is 16.4. The van der Waals surface area contributed by atoms with E-state index in [0.29, 0.717) is 13.0 Å². The fourth-order valence-corrected chi connectivity index (χ4v) is 3.00. The smallest absolute Gasteiger partial charge is 0.310 e. The largest absolute Gasteiger partial charge is 0.481 e. The molecular weight excluding hydrogens is 238 g/mol. The molecule has 0 radical (unpaired) electrons. The van der Waals surface area contributed by atoms with Crippen LogP contribution in [0.25, 0.3) is 0 Å². The molecule has 1 unspecified atom stereocenters. The Kier molecular flexibility index (Phi) is 4.25. The van der Waals surface area contributed by atoms with Crippen LogP contribution in [0.1, 0.15) is 37.3 Å². The van der Waals surface area contributed by atoms with Crippen molar-refractivity contribution < 1.29 is 9.90 Å². The molecule has 0 spiro atoms. The first-order valence-corrected chi connectivity index (χ1v) is 7.08. The van der Waals surface area contributed by atoms with E-state index in [4.69, 9.17) is 0 Å². The summed E-state index contributed by atoms with van der Waals surface area (Å²) in [6.45, 7) is 6.65. The summed E-state index contributed by atoms with van der Waals surface area (Å²) in [6, 6.07) is 8.35. The predicted molar refractivity (Wildman–Crippen MR) is 76.0 cm³/mol. The van der Waals surface area contributed by atoms with Gasteiger partial charge in [-0.1, -0.05) is 31.2 Å². The molecule has 1 aromatic rings. The fraction of sp³-hybridized carbons (Fsp3) is 0.562. The predicted octanol–water partition coefficient (Wildman–Crippen LogP) is 3.07. The molecule has 1 aliphatic rings. The minimum absolute atomic E-state index is 0.541. The molecule has 1 heterocycles. The monoisotopic (exact) mass is 261 g/mol. The second-order valence-corrected chi connectivity index (χ2v) is 5.68. The molecule has 3 nitrogen and oxygen atoms in total. The Morgan fingerprint density at radius 1 is 1.42 bits per heavy atom. The Labute approximate surface area is 115 Å². The standard InChI is InChI=1S/C16H23NO2/c1-3-16(15(18)19)9-6-10-17(12-16)11-14-8-5-4-7-13(14)2/h4-5,7-8H,3,6,9-12H2,1-2H3,(H,18,19). The van der Waals surface area contributed by atoms with E-state index in [9.17, 15) is 9.90 Å². The molecule has 1 atom stereocenters. The number of aliphatic carboxylic acids is 1. The van der Waals surface area contributed by atoms with Crippen molar-refractivity contribution in [2.24, 2.45) is 5.41 Å². The maximum absolute atomic E-state index is 11.5. The molecule has 1 aromatic carbocycles. The van der Waals surface area contributed by atoms with E-state index in [-0.39, 0.29) is 0 Å². The zero-order valence-electron chi connectivity index (χ0n) is 11.9. The average Bonchev–Trinajstić information content (AvgIpc) is 2.41. The van der Waals surface area contributed by atoms with Crippen molar-refractivity contribution in [2.75, 3.05) is 13.1 Å². The van der Waals surface area contributed by atoms with Crippen molar-refractivity contribution >= 4 is 5.97 Å². The van der Waals surface area contributed by atoms with Crippen molar-refractivity contribution in [1.82, 2.24) is 4.90 Å². The van der Waals surface area contributed by atoms with Gasteiger partial charge >= 0.3 is 5.97 Å². The number of carboxylic acids is 1. The molecule has 1 saturated heterocycles. The maximum atomic E-state index is 11.5. The molecule has 0 aliphatic carbocycles. The lowest BCUT2D eigenvalue weighted by molar-refractivity contribution is -0.153. The van der Waals surface area contributed by atoms with Gasteiger partial charge in [0.05, 0.1) is 5.41 Å². The number of hydrogen-bond donors (Lipinski definition) is 1. The summed E-state index contributed by atoms with van der Waals surface area (Å²) in [4.78, 5) is 13.8. The number of aryl methyl sites for hydroxylation is 1. The molecule has 2 rings (SSSR count). The van der Waals surface area contributed by atoms with Gasteiger partial charge in [-0.3, -0.25) is 9.69 Å². The van der Waals surface area contributed by atoms with Crippen molar-refractivity contribution in [2.45, 2.75) is 39.7 Å². The minimum atomic E-state index is -0.635. The van der Waals surface area contributed by atoms with Crippen LogP contribution in [0.3, 0.4) is 0 Å². The molecule has 19 heavy (non-hydrogen) atoms. The van der Waals surface area contributed by atoms with Crippen LogP contribution in [0.5, 0.6) is 0 Å². The number of hydrogen-bond acceptors (Lipinski definition) is 2. The molecule has 104 valence electrons. The Morgan fingerprint density at radius 2 is 2.16 bits per heavy atom. The highest BCUT2D eigenvalue weighted by molar-refractivity contribution is 5.75. The third-order valence-electron chi connectivity index (χ3n) is 4.44. The highest BCUT2D eigenvalue weighted by Gasteiger charge is 2.40. The van der Waals surface area contributed by atoms with Crippen LogP contribution in [-0.2, 0) is 11.3 Å². The summed E-state index contributed by atoms with van der Waals surface area (Å²) < 4.78 is 0. The number of piperidine rings is 1. The van der Waals surface area contributed by atoms with Gasteiger partial charge in [-0.15, -0.1) is 0 Å². The molecule has 1 N–H and O–H groups in total. The van der Waals surface area contributed by atoms with Gasteiger partial charge in [0, 0.05) is 13.1 Å². The van der Waals surface area contributed by atoms with Gasteiger partial charge < -0.3 is 5.11 Å². The van der Waals surface area contributed by atoms with Gasteiger partial charge in [-0.05, 0) is 43.9 Å². The first-order chi connectivity index (χ1) is 9.07. The van der Waals surface area contributed by atoms with Crippen molar-refractivity contribution in [3.63, 3.8) is 0 Å². The van der Waals surface area contributed by atoms with Gasteiger partial charge in [0.15, 0.2) is 0 Å². The number of carbonyl (C=O) groups is 1. The summed E-state index contributed by atoms with van der Waals surface area (Å²) in [5.41, 5.74) is 2.05. The summed E-state index contributed by atoms with van der Waals surface area (Å²) in [7, 11) is 0. The van der Waals surface area contributed by atoms with Crippen LogP contribution in [0, 0.1) is 12.3 Å². The lowest BCUT2D eigenvalue weighted by Gasteiger charge is -2.39. The van der Waals surface area contributed by atoms with Crippen molar-refractivity contribution in [3.05, 3.63) is 35.4 Å². The zero-order chi connectivity index (χ0) is 13.9. The lowest BCUT2D eigenvalue weighted by Crippen LogP contribution is -2.47. The molecule has 1 fully saturated rings. The van der Waals surface area contributed by atoms with E-state index < -0.39 is 11.4 Å². The molecule has 1 aliphatic heterocycles. The Morgan fingerprint density at radius 3 is 2.79 bits per heavy atom. The van der Waals surface area contributed by atoms with E-state index in [1.165, 1.54) is 11.1 Å². The molecule has 0 saturated carbocycles. The first-order valence-electron chi connectivity index (χ1n) is 7.08. The normalized spacial score (nSPS) is 24.3. The van der Waals surface area contributed by atoms with Gasteiger partial charge in [-0.25, -0.2) is 0 Å². The van der Waals surface area contributed by atoms with E-state index >= 15 is 0 Å². The van der Waals surface area contributed by atoms with Crippen LogP contribution < -0.4 is 0 Å². The fourth-order valence-electron chi connectivity index (χ4n) is 3.00. The van der Waals surface area contributed by atoms with Crippen LogP contribution in [0.4, 0.5) is 0 Å². The summed E-state index contributed by atoms with van der Waals surface area (Å²) in [5.74, 6) is -0.635. The SMILES string of the molecule is CCC1(C(=O)O)CCCN(Cc2ccccc2C)C1. The highest BCUT2D eigenvalue weighted by Crippen LogP contribution is 2.34. The van der Waals surface area contributed by atoms with Gasteiger partial charge in [0.1, 0.15) is 0 Å². The van der Waals surface area contributed by atoms with E-state index in [2.05, 4.69) is 30.0 Å². The average molecular weight is 261 g/mol. The molecule has 3 heteroatoms. The third-order valence-corrected chi connectivity index (χ3v) is 4.44. The Balaban J connectivity index is 2.10.